The Balaban J connectivity index is 0.000000225. The molecule has 0 bridgehead atoms. The van der Waals surface area contributed by atoms with E-state index in [2.05, 4.69) is 10.0 Å². The molecule has 0 aromatic heterocycles. The molecule has 1 amide bonds. The van der Waals surface area contributed by atoms with Crippen LogP contribution >= 0.6 is 23.7 Å². The number of rotatable bonds is 1. The largest absolute Gasteiger partial charge is 0.478 e. The summed E-state index contributed by atoms with van der Waals surface area (Å²) in [6.45, 7) is 0. The molecule has 0 saturated heterocycles. The standard InChI is InChI=1S/C9H6FNO3S.C4H5NS/c10-5-2-7-6(1-4(5)9(13)14)11-8(12)3-15-7;1-2-4-6-5-3-1/h1-2H,3H2,(H,11,12)(H,13,14);1-5H. The number of carboxylic acids is 1. The molecule has 0 radical (unpaired) electrons. The molecular weight excluding hydrogens is 315 g/mol. The quantitative estimate of drug-likeness (QED) is 0.689. The molecule has 0 unspecified atom stereocenters. The van der Waals surface area contributed by atoms with Crippen LogP contribution in [0.1, 0.15) is 10.4 Å². The van der Waals surface area contributed by atoms with Crippen LogP contribution in [0.5, 0.6) is 0 Å². The summed E-state index contributed by atoms with van der Waals surface area (Å²) in [6, 6.07) is 2.26. The number of aromatic carboxylic acids is 1. The lowest BCUT2D eigenvalue weighted by Crippen LogP contribution is -2.19. The zero-order valence-electron chi connectivity index (χ0n) is 10.6. The summed E-state index contributed by atoms with van der Waals surface area (Å²) in [4.78, 5) is 22.2. The van der Waals surface area contributed by atoms with Gasteiger partial charge in [0.25, 0.3) is 0 Å². The zero-order valence-corrected chi connectivity index (χ0v) is 12.3. The Bertz CT molecular complexity index is 620. The molecule has 0 spiro atoms. The fraction of sp³-hybridized carbons (Fsp3) is 0.0769. The maximum atomic E-state index is 13.2. The zero-order chi connectivity index (χ0) is 15.2. The third-order valence-corrected chi connectivity index (χ3v) is 4.04. The van der Waals surface area contributed by atoms with E-state index >= 15 is 0 Å². The monoisotopic (exact) mass is 326 g/mol. The summed E-state index contributed by atoms with van der Waals surface area (Å²) in [5, 5.41) is 13.2. The van der Waals surface area contributed by atoms with Crippen LogP contribution in [0.4, 0.5) is 10.1 Å². The number of carbonyl (C=O) groups is 2. The van der Waals surface area contributed by atoms with Gasteiger partial charge in [-0.05, 0) is 35.6 Å². The number of nitrogens with one attached hydrogen (secondary N) is 2. The van der Waals surface area contributed by atoms with E-state index in [1.54, 1.807) is 11.9 Å². The van der Waals surface area contributed by atoms with Gasteiger partial charge in [0, 0.05) is 11.1 Å². The maximum absolute atomic E-state index is 13.2. The van der Waals surface area contributed by atoms with Gasteiger partial charge >= 0.3 is 5.97 Å². The van der Waals surface area contributed by atoms with Crippen molar-refractivity contribution >= 4 is 41.3 Å². The van der Waals surface area contributed by atoms with Gasteiger partial charge in [-0.15, -0.1) is 11.8 Å². The fourth-order valence-corrected chi connectivity index (χ4v) is 2.74. The van der Waals surface area contributed by atoms with Crippen molar-refractivity contribution in [1.29, 1.82) is 0 Å². The van der Waals surface area contributed by atoms with E-state index in [1.807, 2.05) is 23.8 Å². The van der Waals surface area contributed by atoms with Gasteiger partial charge in [0.15, 0.2) is 0 Å². The summed E-state index contributed by atoms with van der Waals surface area (Å²) in [5.41, 5.74) is -0.0772. The number of benzene rings is 1. The van der Waals surface area contributed by atoms with E-state index < -0.39 is 17.3 Å². The Morgan fingerprint density at radius 2 is 2.14 bits per heavy atom. The van der Waals surface area contributed by atoms with Crippen LogP contribution in [0.25, 0.3) is 0 Å². The Labute approximate surface area is 128 Å². The topological polar surface area (TPSA) is 78.4 Å². The second-order valence-electron chi connectivity index (χ2n) is 3.89. The molecule has 0 atom stereocenters. The highest BCUT2D eigenvalue weighted by atomic mass is 32.2. The summed E-state index contributed by atoms with van der Waals surface area (Å²) >= 11 is 2.76. The first-order valence-corrected chi connectivity index (χ1v) is 7.67. The smallest absolute Gasteiger partial charge is 0.338 e. The lowest BCUT2D eigenvalue weighted by Gasteiger charge is -2.16. The molecular formula is C13H11FN2O3S2. The number of halogens is 1. The summed E-state index contributed by atoms with van der Waals surface area (Å²) < 4.78 is 16.2. The second-order valence-corrected chi connectivity index (χ2v) is 5.65. The lowest BCUT2D eigenvalue weighted by molar-refractivity contribution is -0.113. The number of carbonyl (C=O) groups excluding carboxylic acids is 1. The number of thioether (sulfide) groups is 1. The number of hydrogen-bond donors (Lipinski definition) is 3. The highest BCUT2D eigenvalue weighted by Crippen LogP contribution is 2.33. The predicted octanol–water partition coefficient (Wildman–Crippen LogP) is 2.83. The third-order valence-electron chi connectivity index (χ3n) is 2.42. The molecule has 21 heavy (non-hydrogen) atoms. The SMILES string of the molecule is C1=CNSC=C1.O=C1CSc2cc(F)c(C(=O)O)cc2N1. The molecule has 2 aliphatic rings. The molecule has 1 aromatic carbocycles. The van der Waals surface area contributed by atoms with Crippen molar-refractivity contribution in [2.24, 2.45) is 0 Å². The van der Waals surface area contributed by atoms with Gasteiger partial charge in [-0.3, -0.25) is 4.79 Å². The summed E-state index contributed by atoms with van der Waals surface area (Å²) in [6.07, 6.45) is 5.84. The summed E-state index contributed by atoms with van der Waals surface area (Å²) in [7, 11) is 0. The fourth-order valence-electron chi connectivity index (χ4n) is 1.52. The van der Waals surface area contributed by atoms with Crippen molar-refractivity contribution in [2.45, 2.75) is 4.90 Å². The van der Waals surface area contributed by atoms with E-state index in [0.29, 0.717) is 10.6 Å². The molecule has 2 heterocycles. The van der Waals surface area contributed by atoms with Crippen LogP contribution < -0.4 is 10.0 Å². The van der Waals surface area contributed by atoms with Gasteiger partial charge in [0.1, 0.15) is 5.82 Å². The molecule has 1 aromatic rings. The van der Waals surface area contributed by atoms with E-state index in [-0.39, 0.29) is 11.7 Å². The first-order valence-electron chi connectivity index (χ1n) is 5.80. The number of hydrogen-bond acceptors (Lipinski definition) is 5. The van der Waals surface area contributed by atoms with E-state index in [0.717, 1.165) is 12.1 Å². The van der Waals surface area contributed by atoms with Gasteiger partial charge in [-0.1, -0.05) is 6.08 Å². The molecule has 0 fully saturated rings. The number of carboxylic acid groups (broad SMARTS) is 1. The van der Waals surface area contributed by atoms with Gasteiger partial charge in [-0.25, -0.2) is 9.18 Å². The van der Waals surface area contributed by atoms with Gasteiger partial charge in [0.05, 0.1) is 17.0 Å². The minimum Gasteiger partial charge on any atom is -0.478 e. The Morgan fingerprint density at radius 1 is 1.33 bits per heavy atom. The second kappa shape index (κ2) is 7.19. The van der Waals surface area contributed by atoms with Gasteiger partial charge in [0.2, 0.25) is 5.91 Å². The average molecular weight is 326 g/mol. The Hall–Kier alpha value is -1.93. The minimum atomic E-state index is -1.35. The molecule has 110 valence electrons. The van der Waals surface area contributed by atoms with E-state index in [4.69, 9.17) is 5.11 Å². The predicted molar refractivity (Wildman–Crippen MR) is 81.7 cm³/mol. The molecule has 3 N–H and O–H groups in total. The number of amides is 1. The first kappa shape index (κ1) is 15.5. The maximum Gasteiger partial charge on any atom is 0.338 e. The van der Waals surface area contributed by atoms with Crippen molar-refractivity contribution in [3.63, 3.8) is 0 Å². The van der Waals surface area contributed by atoms with Crippen molar-refractivity contribution in [2.75, 3.05) is 11.1 Å². The average Bonchev–Trinajstić information content (AvgIpc) is 2.49. The Morgan fingerprint density at radius 3 is 2.67 bits per heavy atom. The Kier molecular flexibility index (Phi) is 5.29. The normalized spacial score (nSPS) is 15.2. The van der Waals surface area contributed by atoms with Crippen LogP contribution in [0.15, 0.2) is 40.8 Å². The van der Waals surface area contributed by atoms with Gasteiger partial charge in [-0.2, -0.15) is 0 Å². The highest BCUT2D eigenvalue weighted by Gasteiger charge is 2.20. The van der Waals surface area contributed by atoms with Crippen molar-refractivity contribution in [1.82, 2.24) is 4.72 Å². The van der Waals surface area contributed by atoms with E-state index in [1.165, 1.54) is 11.8 Å². The molecule has 5 nitrogen and oxygen atoms in total. The number of allylic oxidation sites excluding steroid dienone is 2. The molecule has 0 aliphatic carbocycles. The minimum absolute atomic E-state index is 0.213. The van der Waals surface area contributed by atoms with Crippen LogP contribution in [-0.2, 0) is 4.79 Å². The number of anilines is 1. The third kappa shape index (κ3) is 4.27. The van der Waals surface area contributed by atoms with Crippen molar-refractivity contribution in [3.8, 4) is 0 Å². The summed E-state index contributed by atoms with van der Waals surface area (Å²) in [5.74, 6) is -2.13. The molecule has 0 saturated carbocycles. The molecule has 3 rings (SSSR count). The molecule has 8 heteroatoms. The number of fused-ring (bicyclic) bond motifs is 1. The van der Waals surface area contributed by atoms with E-state index in [9.17, 15) is 14.0 Å². The van der Waals surface area contributed by atoms with Crippen LogP contribution in [0.2, 0.25) is 0 Å². The van der Waals surface area contributed by atoms with Crippen LogP contribution in [0.3, 0.4) is 0 Å². The molecule has 2 aliphatic heterocycles. The highest BCUT2D eigenvalue weighted by molar-refractivity contribution is 8.00. The van der Waals surface area contributed by atoms with Crippen LogP contribution in [0, 0.1) is 5.82 Å². The first-order chi connectivity index (χ1) is 10.1. The van der Waals surface area contributed by atoms with Crippen LogP contribution in [-0.4, -0.2) is 22.7 Å². The van der Waals surface area contributed by atoms with Gasteiger partial charge < -0.3 is 15.1 Å². The van der Waals surface area contributed by atoms with Crippen molar-refractivity contribution < 1.29 is 19.1 Å². The lowest BCUT2D eigenvalue weighted by atomic mass is 10.2. The van der Waals surface area contributed by atoms with Crippen molar-refractivity contribution in [3.05, 3.63) is 47.3 Å².